The normalized spacial score (nSPS) is 19.0. The number of piperazine rings is 1. The Morgan fingerprint density at radius 3 is 2.37 bits per heavy atom. The number of Topliss-reactive ketones (excluding diaryl/α,β-unsaturated/α-hetero) is 1. The van der Waals surface area contributed by atoms with E-state index >= 15 is 0 Å². The Morgan fingerprint density at radius 2 is 1.77 bits per heavy atom. The molecule has 0 unspecified atom stereocenters. The molecule has 2 aliphatic rings. The van der Waals surface area contributed by atoms with Crippen LogP contribution < -0.4 is 10.2 Å². The molecule has 8 heteroatoms. The number of anilines is 1. The molecule has 1 amide bonds. The lowest BCUT2D eigenvalue weighted by Crippen LogP contribution is -2.56. The predicted octanol–water partition coefficient (Wildman–Crippen LogP) is 1.38. The first kappa shape index (κ1) is 22.7. The van der Waals surface area contributed by atoms with Gasteiger partial charge in [0.15, 0.2) is 5.78 Å². The average molecular weight is 421 g/mol. The van der Waals surface area contributed by atoms with Crippen LogP contribution in [0, 0.1) is 5.82 Å². The van der Waals surface area contributed by atoms with Gasteiger partial charge in [0.2, 0.25) is 5.91 Å². The smallest absolute Gasteiger partial charge is 0.234 e. The molecule has 0 aromatic heterocycles. The highest BCUT2D eigenvalue weighted by atomic mass is 19.1. The van der Waals surface area contributed by atoms with Crippen molar-refractivity contribution in [3.05, 3.63) is 29.6 Å². The highest BCUT2D eigenvalue weighted by molar-refractivity contribution is 5.94. The van der Waals surface area contributed by atoms with Crippen LogP contribution in [0.2, 0.25) is 0 Å². The molecule has 7 nitrogen and oxygen atoms in total. The lowest BCUT2D eigenvalue weighted by molar-refractivity contribution is -0.123. The molecular weight excluding hydrogens is 387 g/mol. The van der Waals surface area contributed by atoms with E-state index in [1.165, 1.54) is 13.0 Å². The molecule has 0 spiro atoms. The van der Waals surface area contributed by atoms with Gasteiger partial charge in [-0.05, 0) is 39.0 Å². The van der Waals surface area contributed by atoms with Crippen molar-refractivity contribution in [1.29, 1.82) is 0 Å². The van der Waals surface area contributed by atoms with Crippen LogP contribution in [0.1, 0.15) is 31.1 Å². The molecule has 0 bridgehead atoms. The molecular formula is C22H33FN4O3. The van der Waals surface area contributed by atoms with Crippen LogP contribution in [0.25, 0.3) is 0 Å². The monoisotopic (exact) mass is 420 g/mol. The summed E-state index contributed by atoms with van der Waals surface area (Å²) in [4.78, 5) is 30.3. The van der Waals surface area contributed by atoms with Crippen molar-refractivity contribution in [3.63, 3.8) is 0 Å². The number of amides is 1. The Hall–Kier alpha value is -2.03. The van der Waals surface area contributed by atoms with E-state index in [0.29, 0.717) is 50.5 Å². The molecule has 1 aromatic carbocycles. The van der Waals surface area contributed by atoms with Crippen molar-refractivity contribution < 1.29 is 18.7 Å². The van der Waals surface area contributed by atoms with Gasteiger partial charge in [0.1, 0.15) is 5.82 Å². The quantitative estimate of drug-likeness (QED) is 0.673. The second-order valence-corrected chi connectivity index (χ2v) is 8.67. The van der Waals surface area contributed by atoms with E-state index in [9.17, 15) is 14.0 Å². The van der Waals surface area contributed by atoms with Gasteiger partial charge in [0.05, 0.1) is 25.4 Å². The molecule has 2 fully saturated rings. The summed E-state index contributed by atoms with van der Waals surface area (Å²) in [6, 6.07) is 4.63. The first-order valence-electron chi connectivity index (χ1n) is 10.6. The number of carbonyl (C=O) groups excluding carboxylic acids is 2. The molecule has 166 valence electrons. The number of nitrogens with one attached hydrogen (secondary N) is 1. The molecule has 0 aliphatic carbocycles. The highest BCUT2D eigenvalue weighted by Crippen LogP contribution is 2.22. The van der Waals surface area contributed by atoms with E-state index in [1.54, 1.807) is 12.1 Å². The van der Waals surface area contributed by atoms with E-state index in [-0.39, 0.29) is 23.0 Å². The van der Waals surface area contributed by atoms with Gasteiger partial charge in [-0.2, -0.15) is 0 Å². The first-order chi connectivity index (χ1) is 14.3. The lowest BCUT2D eigenvalue weighted by Gasteiger charge is -2.41. The number of ether oxygens (including phenoxy) is 1. The fraction of sp³-hybridized carbons (Fsp3) is 0.636. The number of morpholine rings is 1. The minimum absolute atomic E-state index is 0.0155. The van der Waals surface area contributed by atoms with Crippen molar-refractivity contribution in [3.8, 4) is 0 Å². The van der Waals surface area contributed by atoms with E-state index in [4.69, 9.17) is 4.74 Å². The zero-order valence-electron chi connectivity index (χ0n) is 18.2. The third kappa shape index (κ3) is 5.77. The summed E-state index contributed by atoms with van der Waals surface area (Å²) >= 11 is 0. The summed E-state index contributed by atoms with van der Waals surface area (Å²) in [7, 11) is 0. The first-order valence-corrected chi connectivity index (χ1v) is 10.6. The number of hydrogen-bond donors (Lipinski definition) is 1. The van der Waals surface area contributed by atoms with Crippen LogP contribution in [-0.4, -0.2) is 92.6 Å². The molecule has 1 N–H and O–H groups in total. The highest BCUT2D eigenvalue weighted by Gasteiger charge is 2.29. The summed E-state index contributed by atoms with van der Waals surface area (Å²) in [5.74, 6) is -0.505. The van der Waals surface area contributed by atoms with E-state index < -0.39 is 0 Å². The third-order valence-corrected chi connectivity index (χ3v) is 6.02. The molecule has 0 saturated carbocycles. The fourth-order valence-electron chi connectivity index (χ4n) is 3.98. The summed E-state index contributed by atoms with van der Waals surface area (Å²) in [5, 5.41) is 3.07. The Kier molecular flexibility index (Phi) is 7.44. The Bertz CT molecular complexity index is 757. The van der Waals surface area contributed by atoms with Gasteiger partial charge in [0.25, 0.3) is 0 Å². The zero-order chi connectivity index (χ0) is 21.7. The van der Waals surface area contributed by atoms with Crippen molar-refractivity contribution in [1.82, 2.24) is 15.1 Å². The van der Waals surface area contributed by atoms with Gasteiger partial charge in [-0.15, -0.1) is 0 Å². The van der Waals surface area contributed by atoms with Gasteiger partial charge >= 0.3 is 0 Å². The molecule has 0 radical (unpaired) electrons. The van der Waals surface area contributed by atoms with Crippen molar-refractivity contribution in [2.45, 2.75) is 26.3 Å². The van der Waals surface area contributed by atoms with Crippen LogP contribution in [-0.2, 0) is 9.53 Å². The maximum absolute atomic E-state index is 14.4. The van der Waals surface area contributed by atoms with Gasteiger partial charge in [0, 0.05) is 56.9 Å². The number of benzene rings is 1. The van der Waals surface area contributed by atoms with Crippen molar-refractivity contribution >= 4 is 17.4 Å². The summed E-state index contributed by atoms with van der Waals surface area (Å²) in [6.45, 7) is 12.6. The number of ketones is 1. The molecule has 0 atom stereocenters. The number of nitrogens with zero attached hydrogens (tertiary/aromatic N) is 3. The molecule has 2 aliphatic heterocycles. The molecule has 30 heavy (non-hydrogen) atoms. The fourth-order valence-corrected chi connectivity index (χ4v) is 3.98. The average Bonchev–Trinajstić information content (AvgIpc) is 2.73. The predicted molar refractivity (Wildman–Crippen MR) is 115 cm³/mol. The standard InChI is InChI=1S/C22H33FN4O3/c1-17(28)18-4-5-20(19(23)14-18)26-8-6-25(7-9-26)15-21(29)24-16-22(2,3)27-10-12-30-13-11-27/h4-5,14H,6-13,15-16H2,1-3H3,(H,24,29). The topological polar surface area (TPSA) is 65.1 Å². The van der Waals surface area contributed by atoms with Gasteiger partial charge in [-0.1, -0.05) is 0 Å². The van der Waals surface area contributed by atoms with Crippen molar-refractivity contribution in [2.24, 2.45) is 0 Å². The third-order valence-electron chi connectivity index (χ3n) is 6.02. The van der Waals surface area contributed by atoms with Crippen LogP contribution in [0.3, 0.4) is 0 Å². The Morgan fingerprint density at radius 1 is 1.10 bits per heavy atom. The van der Waals surface area contributed by atoms with E-state index in [1.807, 2.05) is 4.90 Å². The van der Waals surface area contributed by atoms with Crippen molar-refractivity contribution in [2.75, 3.05) is 70.5 Å². The summed E-state index contributed by atoms with van der Waals surface area (Å²) in [5.41, 5.74) is 0.782. The number of hydrogen-bond acceptors (Lipinski definition) is 6. The van der Waals surface area contributed by atoms with E-state index in [2.05, 4.69) is 29.0 Å². The maximum Gasteiger partial charge on any atom is 0.234 e. The van der Waals surface area contributed by atoms with Gasteiger partial charge in [-0.25, -0.2) is 4.39 Å². The SMILES string of the molecule is CC(=O)c1ccc(N2CCN(CC(=O)NCC(C)(C)N3CCOCC3)CC2)c(F)c1. The second kappa shape index (κ2) is 9.85. The summed E-state index contributed by atoms with van der Waals surface area (Å²) < 4.78 is 19.8. The zero-order valence-corrected chi connectivity index (χ0v) is 18.2. The molecule has 2 saturated heterocycles. The molecule has 1 aromatic rings. The number of halogens is 1. The lowest BCUT2D eigenvalue weighted by atomic mass is 10.0. The Balaban J connectivity index is 1.44. The van der Waals surface area contributed by atoms with E-state index in [0.717, 1.165) is 26.3 Å². The Labute approximate surface area is 178 Å². The van der Waals surface area contributed by atoms with Crippen LogP contribution in [0.5, 0.6) is 0 Å². The van der Waals surface area contributed by atoms with Crippen LogP contribution in [0.15, 0.2) is 18.2 Å². The van der Waals surface area contributed by atoms with Gasteiger partial charge < -0.3 is 15.0 Å². The largest absolute Gasteiger partial charge is 0.379 e. The van der Waals surface area contributed by atoms with Gasteiger partial charge in [-0.3, -0.25) is 19.4 Å². The second-order valence-electron chi connectivity index (χ2n) is 8.67. The maximum atomic E-state index is 14.4. The summed E-state index contributed by atoms with van der Waals surface area (Å²) in [6.07, 6.45) is 0. The molecule has 2 heterocycles. The van der Waals surface area contributed by atoms with Crippen LogP contribution in [0.4, 0.5) is 10.1 Å². The minimum atomic E-state index is -0.376. The number of carbonyl (C=O) groups is 2. The minimum Gasteiger partial charge on any atom is -0.379 e. The van der Waals surface area contributed by atoms with Crippen LogP contribution >= 0.6 is 0 Å². The molecule has 3 rings (SSSR count). The number of rotatable bonds is 7.